The van der Waals surface area contributed by atoms with Crippen LogP contribution in [0.25, 0.3) is 11.1 Å². The molecular formula is C20H18F3N5O. The van der Waals surface area contributed by atoms with Gasteiger partial charge in [0, 0.05) is 24.0 Å². The van der Waals surface area contributed by atoms with E-state index in [0.29, 0.717) is 11.3 Å². The molecule has 1 aliphatic rings. The van der Waals surface area contributed by atoms with Gasteiger partial charge in [-0.25, -0.2) is 4.98 Å². The number of alkyl halides is 3. The smallest absolute Gasteiger partial charge is 0.289 e. The van der Waals surface area contributed by atoms with Gasteiger partial charge in [-0.15, -0.1) is 0 Å². The van der Waals surface area contributed by atoms with Crippen molar-refractivity contribution in [2.75, 3.05) is 11.4 Å². The quantitative estimate of drug-likeness (QED) is 0.646. The first-order valence-electron chi connectivity index (χ1n) is 9.04. The predicted molar refractivity (Wildman–Crippen MR) is 101 cm³/mol. The molecule has 3 aromatic heterocycles. The Morgan fingerprint density at radius 2 is 1.93 bits per heavy atom. The Balaban J connectivity index is 1.77. The molecule has 0 aromatic carbocycles. The minimum absolute atomic E-state index is 0.163. The molecule has 9 heteroatoms. The van der Waals surface area contributed by atoms with Crippen molar-refractivity contribution in [3.8, 4) is 11.1 Å². The minimum atomic E-state index is -4.49. The van der Waals surface area contributed by atoms with Gasteiger partial charge in [0.15, 0.2) is 0 Å². The molecule has 150 valence electrons. The Morgan fingerprint density at radius 1 is 1.17 bits per heavy atom. The number of rotatable bonds is 2. The molecule has 4 heterocycles. The highest BCUT2D eigenvalue weighted by molar-refractivity contribution is 6.09. The van der Waals surface area contributed by atoms with E-state index in [2.05, 4.69) is 15.1 Å². The average Bonchev–Trinajstić information content (AvgIpc) is 3.09. The third kappa shape index (κ3) is 3.26. The normalized spacial score (nSPS) is 16.8. The molecule has 0 saturated carbocycles. The van der Waals surface area contributed by atoms with Crippen LogP contribution in [0.5, 0.6) is 0 Å². The Labute approximate surface area is 165 Å². The number of hydrogen-bond acceptors (Lipinski definition) is 4. The molecule has 4 rings (SSSR count). The number of nitrogens with zero attached hydrogens (tertiary/aromatic N) is 5. The number of pyridine rings is 2. The van der Waals surface area contributed by atoms with Gasteiger partial charge in [0.1, 0.15) is 11.5 Å². The van der Waals surface area contributed by atoms with Crippen LogP contribution in [0, 0.1) is 13.8 Å². The van der Waals surface area contributed by atoms with Crippen LogP contribution in [0.15, 0.2) is 36.7 Å². The Kier molecular flexibility index (Phi) is 4.40. The second kappa shape index (κ2) is 6.68. The van der Waals surface area contributed by atoms with Crippen molar-refractivity contribution in [1.82, 2.24) is 19.7 Å². The molecule has 0 bridgehead atoms. The number of hydrogen-bond donors (Lipinski definition) is 0. The number of carbonyl (C=O) groups excluding carboxylic acids is 1. The van der Waals surface area contributed by atoms with Crippen LogP contribution in [0.2, 0.25) is 0 Å². The second-order valence-electron chi connectivity index (χ2n) is 7.10. The predicted octanol–water partition coefficient (Wildman–Crippen LogP) is 4.20. The minimum Gasteiger partial charge on any atom is -0.289 e. The monoisotopic (exact) mass is 401 g/mol. The van der Waals surface area contributed by atoms with Gasteiger partial charge in [-0.1, -0.05) is 0 Å². The van der Waals surface area contributed by atoms with Crippen LogP contribution in [0.1, 0.15) is 40.4 Å². The summed E-state index contributed by atoms with van der Waals surface area (Å²) in [5.41, 5.74) is 1.67. The number of aromatic nitrogens is 4. The third-order valence-electron chi connectivity index (χ3n) is 4.97. The van der Waals surface area contributed by atoms with Crippen LogP contribution in [0.4, 0.5) is 19.0 Å². The standard InChI is InChI=1S/C20H18F3N5O/c1-11-8-14(6-7-24-11)15-9-25-28-12(2)10-27(19(29)18(15)28)17-5-4-16(13(3)26-17)20(21,22)23/h4-9,12H,10H2,1-3H3/t12-/m0/s1. The van der Waals surface area contributed by atoms with E-state index in [9.17, 15) is 18.0 Å². The molecule has 0 spiro atoms. The fourth-order valence-corrected chi connectivity index (χ4v) is 3.58. The molecule has 0 aliphatic carbocycles. The SMILES string of the molecule is Cc1cc(-c2cnn3c2C(=O)N(c2ccc(C(F)(F)F)c(C)n2)C[C@@H]3C)ccn1. The summed E-state index contributed by atoms with van der Waals surface area (Å²) in [6, 6.07) is 5.69. The fourth-order valence-electron chi connectivity index (χ4n) is 3.58. The van der Waals surface area contributed by atoms with E-state index in [0.717, 1.165) is 17.3 Å². The van der Waals surface area contributed by atoms with Gasteiger partial charge >= 0.3 is 6.18 Å². The lowest BCUT2D eigenvalue weighted by molar-refractivity contribution is -0.138. The zero-order valence-electron chi connectivity index (χ0n) is 16.0. The molecule has 0 fully saturated rings. The first-order chi connectivity index (χ1) is 13.7. The Bertz CT molecular complexity index is 1110. The van der Waals surface area contributed by atoms with E-state index >= 15 is 0 Å². The van der Waals surface area contributed by atoms with Gasteiger partial charge in [-0.05, 0) is 50.6 Å². The third-order valence-corrected chi connectivity index (χ3v) is 4.97. The van der Waals surface area contributed by atoms with Crippen molar-refractivity contribution in [2.24, 2.45) is 0 Å². The Hall–Kier alpha value is -3.23. The summed E-state index contributed by atoms with van der Waals surface area (Å²) in [5.74, 6) is -0.159. The zero-order chi connectivity index (χ0) is 20.9. The fraction of sp³-hybridized carbons (Fsp3) is 0.300. The van der Waals surface area contributed by atoms with Crippen molar-refractivity contribution in [3.05, 3.63) is 59.3 Å². The van der Waals surface area contributed by atoms with Crippen molar-refractivity contribution < 1.29 is 18.0 Å². The van der Waals surface area contributed by atoms with E-state index < -0.39 is 11.7 Å². The van der Waals surface area contributed by atoms with Gasteiger partial charge in [0.05, 0.1) is 23.5 Å². The van der Waals surface area contributed by atoms with Crippen molar-refractivity contribution in [1.29, 1.82) is 0 Å². The van der Waals surface area contributed by atoms with Gasteiger partial charge in [-0.3, -0.25) is 19.4 Å². The molecule has 0 radical (unpaired) electrons. The summed E-state index contributed by atoms with van der Waals surface area (Å²) in [6.07, 6.45) is -1.20. The van der Waals surface area contributed by atoms with Gasteiger partial charge < -0.3 is 0 Å². The van der Waals surface area contributed by atoms with Crippen LogP contribution < -0.4 is 4.90 Å². The second-order valence-corrected chi connectivity index (χ2v) is 7.10. The molecule has 6 nitrogen and oxygen atoms in total. The van der Waals surface area contributed by atoms with E-state index in [1.54, 1.807) is 23.1 Å². The molecule has 1 atom stereocenters. The number of aryl methyl sites for hydroxylation is 2. The number of fused-ring (bicyclic) bond motifs is 1. The van der Waals surface area contributed by atoms with E-state index in [1.807, 2.05) is 19.9 Å². The van der Waals surface area contributed by atoms with Crippen molar-refractivity contribution in [3.63, 3.8) is 0 Å². The van der Waals surface area contributed by atoms with Crippen LogP contribution in [-0.4, -0.2) is 32.2 Å². The lowest BCUT2D eigenvalue weighted by Gasteiger charge is -2.32. The molecule has 3 aromatic rings. The highest BCUT2D eigenvalue weighted by Gasteiger charge is 2.36. The number of carbonyl (C=O) groups is 1. The Morgan fingerprint density at radius 3 is 2.59 bits per heavy atom. The summed E-state index contributed by atoms with van der Waals surface area (Å²) >= 11 is 0. The summed E-state index contributed by atoms with van der Waals surface area (Å²) in [7, 11) is 0. The molecular weight excluding hydrogens is 383 g/mol. The largest absolute Gasteiger partial charge is 0.418 e. The van der Waals surface area contributed by atoms with Crippen molar-refractivity contribution >= 4 is 11.7 Å². The van der Waals surface area contributed by atoms with E-state index in [-0.39, 0.29) is 30.0 Å². The summed E-state index contributed by atoms with van der Waals surface area (Å²) in [5, 5.41) is 4.37. The highest BCUT2D eigenvalue weighted by atomic mass is 19.4. The van der Waals surface area contributed by atoms with Gasteiger partial charge in [-0.2, -0.15) is 18.3 Å². The summed E-state index contributed by atoms with van der Waals surface area (Å²) in [4.78, 5) is 22.9. The molecule has 0 saturated heterocycles. The van der Waals surface area contributed by atoms with E-state index in [1.165, 1.54) is 17.9 Å². The molecule has 1 aliphatic heterocycles. The first kappa shape index (κ1) is 19.1. The van der Waals surface area contributed by atoms with E-state index in [4.69, 9.17) is 0 Å². The first-order valence-corrected chi connectivity index (χ1v) is 9.04. The van der Waals surface area contributed by atoms with Crippen LogP contribution in [0.3, 0.4) is 0 Å². The highest BCUT2D eigenvalue weighted by Crippen LogP contribution is 2.35. The van der Waals surface area contributed by atoms with Crippen LogP contribution >= 0.6 is 0 Å². The lowest BCUT2D eigenvalue weighted by Crippen LogP contribution is -2.43. The zero-order valence-corrected chi connectivity index (χ0v) is 16.0. The molecule has 1 amide bonds. The topological polar surface area (TPSA) is 63.9 Å². The summed E-state index contributed by atoms with van der Waals surface area (Å²) < 4.78 is 40.8. The molecule has 0 N–H and O–H groups in total. The maximum atomic E-state index is 13.3. The number of halogens is 3. The van der Waals surface area contributed by atoms with Crippen molar-refractivity contribution in [2.45, 2.75) is 33.0 Å². The summed E-state index contributed by atoms with van der Waals surface area (Å²) in [6.45, 7) is 5.30. The molecule has 29 heavy (non-hydrogen) atoms. The van der Waals surface area contributed by atoms with Gasteiger partial charge in [0.25, 0.3) is 5.91 Å². The number of amides is 1. The lowest BCUT2D eigenvalue weighted by atomic mass is 10.0. The molecule has 0 unspecified atom stereocenters. The maximum absolute atomic E-state index is 13.3. The number of anilines is 1. The van der Waals surface area contributed by atoms with Crippen LogP contribution in [-0.2, 0) is 6.18 Å². The van der Waals surface area contributed by atoms with Gasteiger partial charge in [0.2, 0.25) is 0 Å². The maximum Gasteiger partial charge on any atom is 0.418 e. The average molecular weight is 401 g/mol.